The molecule has 1 saturated heterocycles. The van der Waals surface area contributed by atoms with E-state index in [1.165, 1.54) is 23.4 Å². The third kappa shape index (κ3) is 2.13. The van der Waals surface area contributed by atoms with Gasteiger partial charge in [-0.25, -0.2) is 0 Å². The molecule has 1 aromatic rings. The highest BCUT2D eigenvalue weighted by atomic mass is 16.2. The van der Waals surface area contributed by atoms with Gasteiger partial charge in [-0.3, -0.25) is 14.4 Å². The molecule has 0 bridgehead atoms. The molecule has 1 fully saturated rings. The van der Waals surface area contributed by atoms with Crippen molar-refractivity contribution in [2.24, 2.45) is 0 Å². The van der Waals surface area contributed by atoms with Crippen LogP contribution in [0.3, 0.4) is 0 Å². The Labute approximate surface area is 104 Å². The van der Waals surface area contributed by atoms with Crippen molar-refractivity contribution in [1.29, 1.82) is 0 Å². The number of H-pyrrole nitrogens is 1. The monoisotopic (exact) mass is 249 g/mol. The van der Waals surface area contributed by atoms with Crippen LogP contribution in [0, 0.1) is 0 Å². The molecule has 2 N–H and O–H groups in total. The van der Waals surface area contributed by atoms with Gasteiger partial charge in [-0.1, -0.05) is 6.92 Å². The summed E-state index contributed by atoms with van der Waals surface area (Å²) in [6.07, 6.45) is 3.38. The van der Waals surface area contributed by atoms with E-state index < -0.39 is 11.9 Å². The van der Waals surface area contributed by atoms with Crippen molar-refractivity contribution in [1.82, 2.24) is 15.2 Å². The van der Waals surface area contributed by atoms with E-state index in [9.17, 15) is 14.4 Å². The van der Waals surface area contributed by atoms with Crippen molar-refractivity contribution in [3.63, 3.8) is 0 Å². The predicted octanol–water partition coefficient (Wildman–Crippen LogP) is -0.275. The summed E-state index contributed by atoms with van der Waals surface area (Å²) in [5, 5.41) is 2.72. The van der Waals surface area contributed by atoms with Gasteiger partial charge in [-0.15, -0.1) is 0 Å². The number of aromatic amines is 1. The number of nitrogens with one attached hydrogen (secondary N) is 2. The number of carbonyl (C=O) groups excluding carboxylic acids is 2. The van der Waals surface area contributed by atoms with Crippen LogP contribution in [0.4, 0.5) is 0 Å². The topological polar surface area (TPSA) is 82.3 Å². The molecular formula is C12H15N3O3. The Morgan fingerprint density at radius 1 is 1.50 bits per heavy atom. The van der Waals surface area contributed by atoms with Crippen LogP contribution in [0.1, 0.15) is 23.7 Å². The second kappa shape index (κ2) is 5.03. The number of nitrogens with zero attached hydrogens (tertiary/aromatic N) is 1. The van der Waals surface area contributed by atoms with Gasteiger partial charge < -0.3 is 15.2 Å². The summed E-state index contributed by atoms with van der Waals surface area (Å²) in [7, 11) is 0. The van der Waals surface area contributed by atoms with E-state index in [2.05, 4.69) is 10.3 Å². The van der Waals surface area contributed by atoms with Crippen LogP contribution in [0.2, 0.25) is 0 Å². The first-order valence-electron chi connectivity index (χ1n) is 5.91. The fourth-order valence-corrected chi connectivity index (χ4v) is 2.10. The molecule has 2 rings (SSSR count). The molecule has 0 saturated carbocycles. The number of hydrogen-bond donors (Lipinski definition) is 2. The molecule has 0 spiro atoms. The van der Waals surface area contributed by atoms with E-state index in [4.69, 9.17) is 0 Å². The predicted molar refractivity (Wildman–Crippen MR) is 65.2 cm³/mol. The standard InChI is InChI=1S/C12H15N3O3/c1-2-9-11(17)14-5-6-15(9)12(18)8-7-13-4-3-10(8)16/h3-4,7,9H,2,5-6H2,1H3,(H,13,16)(H,14,17). The summed E-state index contributed by atoms with van der Waals surface area (Å²) in [5.41, 5.74) is -0.259. The highest BCUT2D eigenvalue weighted by Crippen LogP contribution is 2.11. The number of hydrogen-bond acceptors (Lipinski definition) is 3. The number of pyridine rings is 1. The normalized spacial score (nSPS) is 19.5. The average molecular weight is 249 g/mol. The van der Waals surface area contributed by atoms with Crippen molar-refractivity contribution in [3.05, 3.63) is 34.2 Å². The Balaban J connectivity index is 2.30. The number of rotatable bonds is 2. The molecule has 18 heavy (non-hydrogen) atoms. The summed E-state index contributed by atoms with van der Waals surface area (Å²) in [4.78, 5) is 39.7. The molecular weight excluding hydrogens is 234 g/mol. The lowest BCUT2D eigenvalue weighted by atomic mass is 10.1. The van der Waals surface area contributed by atoms with Crippen molar-refractivity contribution in [2.75, 3.05) is 13.1 Å². The van der Waals surface area contributed by atoms with Crippen molar-refractivity contribution < 1.29 is 9.59 Å². The Hall–Kier alpha value is -2.11. The maximum atomic E-state index is 12.3. The fourth-order valence-electron chi connectivity index (χ4n) is 2.10. The molecule has 0 aromatic carbocycles. The van der Waals surface area contributed by atoms with E-state index in [0.29, 0.717) is 19.5 Å². The van der Waals surface area contributed by atoms with Crippen molar-refractivity contribution in [3.8, 4) is 0 Å². The second-order valence-corrected chi connectivity index (χ2v) is 4.14. The van der Waals surface area contributed by atoms with E-state index in [-0.39, 0.29) is 16.9 Å². The third-order valence-electron chi connectivity index (χ3n) is 3.03. The van der Waals surface area contributed by atoms with Gasteiger partial charge in [-0.05, 0) is 6.42 Å². The molecule has 1 unspecified atom stereocenters. The molecule has 1 atom stereocenters. The molecule has 2 amide bonds. The molecule has 6 nitrogen and oxygen atoms in total. The minimum absolute atomic E-state index is 0.0747. The third-order valence-corrected chi connectivity index (χ3v) is 3.03. The van der Waals surface area contributed by atoms with Crippen molar-refractivity contribution in [2.45, 2.75) is 19.4 Å². The van der Waals surface area contributed by atoms with Crippen molar-refractivity contribution >= 4 is 11.8 Å². The Bertz CT molecular complexity index is 523. The average Bonchev–Trinajstić information content (AvgIpc) is 2.38. The van der Waals surface area contributed by atoms with E-state index in [0.717, 1.165) is 0 Å². The smallest absolute Gasteiger partial charge is 0.260 e. The summed E-state index contributed by atoms with van der Waals surface area (Å²) < 4.78 is 0. The maximum absolute atomic E-state index is 12.3. The second-order valence-electron chi connectivity index (χ2n) is 4.14. The van der Waals surface area contributed by atoms with Crippen LogP contribution >= 0.6 is 0 Å². The summed E-state index contributed by atoms with van der Waals surface area (Å²) >= 11 is 0. The summed E-state index contributed by atoms with van der Waals surface area (Å²) in [6, 6.07) is 0.809. The quantitative estimate of drug-likeness (QED) is 0.756. The van der Waals surface area contributed by atoms with Gasteiger partial charge in [0, 0.05) is 31.5 Å². The summed E-state index contributed by atoms with van der Waals surface area (Å²) in [6.45, 7) is 2.69. The largest absolute Gasteiger partial charge is 0.367 e. The Kier molecular flexibility index (Phi) is 3.45. The molecule has 1 aliphatic rings. The molecule has 2 heterocycles. The number of piperazine rings is 1. The van der Waals surface area contributed by atoms with E-state index >= 15 is 0 Å². The molecule has 0 aliphatic carbocycles. The lowest BCUT2D eigenvalue weighted by Gasteiger charge is -2.34. The van der Waals surface area contributed by atoms with Crippen LogP contribution in [-0.4, -0.2) is 40.8 Å². The zero-order valence-corrected chi connectivity index (χ0v) is 10.1. The van der Waals surface area contributed by atoms with Gasteiger partial charge in [0.2, 0.25) is 5.91 Å². The van der Waals surface area contributed by atoms with Gasteiger partial charge in [0.25, 0.3) is 5.91 Å². The first-order valence-corrected chi connectivity index (χ1v) is 5.91. The van der Waals surface area contributed by atoms with E-state index in [1.807, 2.05) is 6.92 Å². The zero-order valence-electron chi connectivity index (χ0n) is 10.1. The lowest BCUT2D eigenvalue weighted by molar-refractivity contribution is -0.127. The number of aromatic nitrogens is 1. The highest BCUT2D eigenvalue weighted by molar-refractivity contribution is 5.97. The van der Waals surface area contributed by atoms with Crippen LogP contribution < -0.4 is 10.7 Å². The Morgan fingerprint density at radius 3 is 2.94 bits per heavy atom. The van der Waals surface area contributed by atoms with Crippen LogP contribution in [-0.2, 0) is 4.79 Å². The fraction of sp³-hybridized carbons (Fsp3) is 0.417. The zero-order chi connectivity index (χ0) is 13.1. The molecule has 0 radical (unpaired) electrons. The van der Waals surface area contributed by atoms with Gasteiger partial charge in [-0.2, -0.15) is 0 Å². The van der Waals surface area contributed by atoms with Crippen LogP contribution in [0.25, 0.3) is 0 Å². The first kappa shape index (κ1) is 12.3. The Morgan fingerprint density at radius 2 is 2.28 bits per heavy atom. The van der Waals surface area contributed by atoms with Gasteiger partial charge in [0.1, 0.15) is 11.6 Å². The highest BCUT2D eigenvalue weighted by Gasteiger charge is 2.32. The van der Waals surface area contributed by atoms with E-state index in [1.54, 1.807) is 0 Å². The molecule has 1 aliphatic heterocycles. The maximum Gasteiger partial charge on any atom is 0.260 e. The molecule has 1 aromatic heterocycles. The first-order chi connectivity index (χ1) is 8.65. The minimum atomic E-state index is -0.495. The number of carbonyl (C=O) groups is 2. The molecule has 6 heteroatoms. The van der Waals surface area contributed by atoms with Gasteiger partial charge in [0.15, 0.2) is 5.43 Å². The lowest BCUT2D eigenvalue weighted by Crippen LogP contribution is -2.57. The minimum Gasteiger partial charge on any atom is -0.367 e. The van der Waals surface area contributed by atoms with Gasteiger partial charge >= 0.3 is 0 Å². The van der Waals surface area contributed by atoms with Crippen LogP contribution in [0.15, 0.2) is 23.3 Å². The van der Waals surface area contributed by atoms with Gasteiger partial charge in [0.05, 0.1) is 0 Å². The number of amides is 2. The SMILES string of the molecule is CCC1C(=O)NCCN1C(=O)c1c[nH]ccc1=O. The summed E-state index contributed by atoms with van der Waals surface area (Å²) in [5.74, 6) is -0.553. The van der Waals surface area contributed by atoms with Crippen LogP contribution in [0.5, 0.6) is 0 Å². The molecule has 96 valence electrons.